The van der Waals surface area contributed by atoms with E-state index in [1.54, 1.807) is 0 Å². The fraction of sp³-hybridized carbons (Fsp3) is 0.400. The molecule has 2 rings (SSSR count). The Morgan fingerprint density at radius 2 is 2.05 bits per heavy atom. The zero-order valence-electron chi connectivity index (χ0n) is 11.9. The molecular formula is C15H19BrClN3. The van der Waals surface area contributed by atoms with Gasteiger partial charge in [-0.05, 0) is 48.0 Å². The van der Waals surface area contributed by atoms with E-state index in [0.29, 0.717) is 6.04 Å². The van der Waals surface area contributed by atoms with Crippen molar-refractivity contribution < 1.29 is 0 Å². The average molecular weight is 357 g/mol. The fourth-order valence-corrected chi connectivity index (χ4v) is 3.05. The van der Waals surface area contributed by atoms with E-state index in [9.17, 15) is 0 Å². The first-order chi connectivity index (χ1) is 9.56. The number of rotatable bonds is 5. The van der Waals surface area contributed by atoms with Gasteiger partial charge < -0.3 is 5.32 Å². The number of benzene rings is 1. The summed E-state index contributed by atoms with van der Waals surface area (Å²) < 4.78 is 3.03. The minimum absolute atomic E-state index is 0.0213. The minimum Gasteiger partial charge on any atom is -0.305 e. The number of hydrogen-bond acceptors (Lipinski definition) is 2. The van der Waals surface area contributed by atoms with Gasteiger partial charge in [0.2, 0.25) is 0 Å². The van der Waals surface area contributed by atoms with E-state index in [1.165, 1.54) is 0 Å². The number of hydrogen-bond donors (Lipinski definition) is 1. The van der Waals surface area contributed by atoms with Crippen molar-refractivity contribution in [3.63, 3.8) is 0 Å². The average Bonchev–Trinajstić information content (AvgIpc) is 2.79. The Bertz CT molecular complexity index is 580. The van der Waals surface area contributed by atoms with E-state index >= 15 is 0 Å². The summed E-state index contributed by atoms with van der Waals surface area (Å²) in [4.78, 5) is 0. The zero-order chi connectivity index (χ0) is 14.7. The highest BCUT2D eigenvalue weighted by molar-refractivity contribution is 9.10. The SMILES string of the molecule is CCNC(c1ccccc1Cl)c1c(Br)cnn1C(C)C. The van der Waals surface area contributed by atoms with Crippen molar-refractivity contribution in [2.45, 2.75) is 32.9 Å². The standard InChI is InChI=1S/C15H19BrClN3/c1-4-18-14(11-7-5-6-8-13(11)17)15-12(16)9-19-20(15)10(2)3/h5-10,14,18H,4H2,1-3H3. The molecule has 3 nitrogen and oxygen atoms in total. The summed E-state index contributed by atoms with van der Waals surface area (Å²) in [6.07, 6.45) is 1.84. The topological polar surface area (TPSA) is 29.9 Å². The summed E-state index contributed by atoms with van der Waals surface area (Å²) in [5.41, 5.74) is 2.18. The molecule has 0 spiro atoms. The molecule has 1 aromatic carbocycles. The van der Waals surface area contributed by atoms with E-state index in [1.807, 2.05) is 29.1 Å². The Labute approximate surface area is 133 Å². The lowest BCUT2D eigenvalue weighted by Gasteiger charge is -2.23. The second kappa shape index (κ2) is 6.74. The van der Waals surface area contributed by atoms with Gasteiger partial charge >= 0.3 is 0 Å². The Hall–Kier alpha value is -0.840. The Kier molecular flexibility index (Phi) is 5.24. The van der Waals surface area contributed by atoms with Crippen LogP contribution in [0.2, 0.25) is 5.02 Å². The molecule has 0 aliphatic carbocycles. The molecule has 1 heterocycles. The zero-order valence-corrected chi connectivity index (χ0v) is 14.2. The molecule has 0 fully saturated rings. The van der Waals surface area contributed by atoms with Crippen LogP contribution in [0.25, 0.3) is 0 Å². The molecule has 0 saturated heterocycles. The van der Waals surface area contributed by atoms with Gasteiger partial charge in [-0.1, -0.05) is 36.7 Å². The van der Waals surface area contributed by atoms with Crippen molar-refractivity contribution in [2.24, 2.45) is 0 Å². The molecule has 20 heavy (non-hydrogen) atoms. The first-order valence-electron chi connectivity index (χ1n) is 6.77. The molecule has 1 unspecified atom stereocenters. The van der Waals surface area contributed by atoms with Crippen molar-refractivity contribution in [2.75, 3.05) is 6.54 Å². The second-order valence-electron chi connectivity index (χ2n) is 4.93. The lowest BCUT2D eigenvalue weighted by atomic mass is 10.0. The highest BCUT2D eigenvalue weighted by atomic mass is 79.9. The van der Waals surface area contributed by atoms with E-state index in [0.717, 1.165) is 27.3 Å². The number of halogens is 2. The number of nitrogens with zero attached hydrogens (tertiary/aromatic N) is 2. The second-order valence-corrected chi connectivity index (χ2v) is 6.19. The summed E-state index contributed by atoms with van der Waals surface area (Å²) in [5.74, 6) is 0. The molecule has 108 valence electrons. The van der Waals surface area contributed by atoms with E-state index in [2.05, 4.69) is 53.2 Å². The molecule has 0 aliphatic rings. The van der Waals surface area contributed by atoms with Crippen LogP contribution in [0.1, 0.15) is 44.1 Å². The van der Waals surface area contributed by atoms with Gasteiger partial charge in [-0.25, -0.2) is 0 Å². The van der Waals surface area contributed by atoms with E-state index in [4.69, 9.17) is 11.6 Å². The Morgan fingerprint density at radius 3 is 2.65 bits per heavy atom. The summed E-state index contributed by atoms with van der Waals surface area (Å²) >= 11 is 9.98. The van der Waals surface area contributed by atoms with Gasteiger partial charge in [0.25, 0.3) is 0 Å². The van der Waals surface area contributed by atoms with Crippen LogP contribution in [0.3, 0.4) is 0 Å². The van der Waals surface area contributed by atoms with Crippen molar-refractivity contribution in [1.82, 2.24) is 15.1 Å². The maximum absolute atomic E-state index is 6.37. The molecular weight excluding hydrogens is 338 g/mol. The third-order valence-corrected chi connectivity index (χ3v) is 4.13. The maximum Gasteiger partial charge on any atom is 0.0774 e. The predicted octanol–water partition coefficient (Wildman–Crippen LogP) is 4.58. The fourth-order valence-electron chi connectivity index (χ4n) is 2.30. The highest BCUT2D eigenvalue weighted by Crippen LogP contribution is 2.33. The van der Waals surface area contributed by atoms with Crippen molar-refractivity contribution in [1.29, 1.82) is 0 Å². The molecule has 1 N–H and O–H groups in total. The molecule has 5 heteroatoms. The van der Waals surface area contributed by atoms with Gasteiger partial charge in [0, 0.05) is 11.1 Å². The van der Waals surface area contributed by atoms with E-state index in [-0.39, 0.29) is 6.04 Å². The molecule has 1 atom stereocenters. The smallest absolute Gasteiger partial charge is 0.0774 e. The Morgan fingerprint density at radius 1 is 1.35 bits per heavy atom. The molecule has 0 amide bonds. The Balaban J connectivity index is 2.55. The normalized spacial score (nSPS) is 12.9. The van der Waals surface area contributed by atoms with Gasteiger partial charge in [0.05, 0.1) is 22.4 Å². The largest absolute Gasteiger partial charge is 0.305 e. The van der Waals surface area contributed by atoms with Gasteiger partial charge in [-0.3, -0.25) is 4.68 Å². The summed E-state index contributed by atoms with van der Waals surface area (Å²) in [6, 6.07) is 8.25. The molecule has 0 radical (unpaired) electrons. The van der Waals surface area contributed by atoms with Gasteiger partial charge in [0.15, 0.2) is 0 Å². The van der Waals surface area contributed by atoms with Crippen LogP contribution in [0, 0.1) is 0 Å². The maximum atomic E-state index is 6.37. The molecule has 0 saturated carbocycles. The molecule has 0 bridgehead atoms. The van der Waals surface area contributed by atoms with Crippen LogP contribution in [0.15, 0.2) is 34.9 Å². The first-order valence-corrected chi connectivity index (χ1v) is 7.94. The molecule has 2 aromatic rings. The summed E-state index contributed by atoms with van der Waals surface area (Å²) in [7, 11) is 0. The van der Waals surface area contributed by atoms with E-state index < -0.39 is 0 Å². The van der Waals surface area contributed by atoms with Gasteiger partial charge in [-0.2, -0.15) is 5.10 Å². The van der Waals surface area contributed by atoms with Crippen molar-refractivity contribution >= 4 is 27.5 Å². The van der Waals surface area contributed by atoms with Crippen LogP contribution in [0.5, 0.6) is 0 Å². The van der Waals surface area contributed by atoms with Gasteiger partial charge in [-0.15, -0.1) is 0 Å². The third kappa shape index (κ3) is 3.08. The summed E-state index contributed by atoms with van der Waals surface area (Å²) in [5, 5.41) is 8.73. The minimum atomic E-state index is 0.0213. The third-order valence-electron chi connectivity index (χ3n) is 3.17. The van der Waals surface area contributed by atoms with Gasteiger partial charge in [0.1, 0.15) is 0 Å². The summed E-state index contributed by atoms with van der Waals surface area (Å²) in [6.45, 7) is 7.19. The first kappa shape index (κ1) is 15.5. The van der Waals surface area contributed by atoms with Crippen molar-refractivity contribution in [3.05, 3.63) is 51.2 Å². The monoisotopic (exact) mass is 355 g/mol. The van der Waals surface area contributed by atoms with Crippen LogP contribution in [-0.4, -0.2) is 16.3 Å². The number of aromatic nitrogens is 2. The lowest BCUT2D eigenvalue weighted by molar-refractivity contribution is 0.475. The van der Waals surface area contributed by atoms with Crippen molar-refractivity contribution in [3.8, 4) is 0 Å². The lowest BCUT2D eigenvalue weighted by Crippen LogP contribution is -2.26. The quantitative estimate of drug-likeness (QED) is 0.850. The van der Waals surface area contributed by atoms with Crippen LogP contribution < -0.4 is 5.32 Å². The van der Waals surface area contributed by atoms with Crippen LogP contribution in [-0.2, 0) is 0 Å². The van der Waals surface area contributed by atoms with Crippen LogP contribution >= 0.6 is 27.5 Å². The highest BCUT2D eigenvalue weighted by Gasteiger charge is 2.23. The predicted molar refractivity (Wildman–Crippen MR) is 87.3 cm³/mol. The molecule has 0 aliphatic heterocycles. The molecule has 1 aromatic heterocycles. The number of nitrogens with one attached hydrogen (secondary N) is 1. The van der Waals surface area contributed by atoms with Crippen LogP contribution in [0.4, 0.5) is 0 Å².